The number of benzene rings is 1. The van der Waals surface area contributed by atoms with Gasteiger partial charge in [-0.25, -0.2) is 14.4 Å². The molecule has 0 aliphatic carbocycles. The Balaban J connectivity index is 1.80. The second-order valence-corrected chi connectivity index (χ2v) is 6.67. The molecule has 0 spiro atoms. The van der Waals surface area contributed by atoms with Crippen LogP contribution in [0.4, 0.5) is 10.2 Å². The Labute approximate surface area is 174 Å². The zero-order valence-corrected chi connectivity index (χ0v) is 16.4. The molecular formula is C18H16ClFN6O4. The smallest absolute Gasteiger partial charge is 0.303 e. The first-order valence-electron chi connectivity index (χ1n) is 8.67. The highest BCUT2D eigenvalue weighted by Gasteiger charge is 2.21. The molecule has 10 nitrogen and oxygen atoms in total. The molecule has 0 saturated heterocycles. The molecule has 0 aliphatic heterocycles. The topological polar surface area (TPSA) is 139 Å². The van der Waals surface area contributed by atoms with Crippen molar-refractivity contribution >= 4 is 46.2 Å². The van der Waals surface area contributed by atoms with Crippen molar-refractivity contribution in [1.29, 1.82) is 0 Å². The Hall–Kier alpha value is -3.60. The minimum atomic E-state index is -1.10. The summed E-state index contributed by atoms with van der Waals surface area (Å²) >= 11 is 5.74. The lowest BCUT2D eigenvalue weighted by molar-refractivity contribution is -0.138. The number of aryl methyl sites for hydroxylation is 1. The van der Waals surface area contributed by atoms with E-state index < -0.39 is 23.6 Å². The van der Waals surface area contributed by atoms with Gasteiger partial charge >= 0.3 is 5.97 Å². The molecule has 0 unspecified atom stereocenters. The molecule has 3 rings (SSSR count). The van der Waals surface area contributed by atoms with E-state index in [1.807, 2.05) is 0 Å². The van der Waals surface area contributed by atoms with Crippen molar-refractivity contribution in [3.05, 3.63) is 46.6 Å². The van der Waals surface area contributed by atoms with Crippen molar-refractivity contribution in [2.45, 2.75) is 19.4 Å². The van der Waals surface area contributed by atoms with Gasteiger partial charge in [-0.1, -0.05) is 17.7 Å². The first kappa shape index (κ1) is 21.1. The van der Waals surface area contributed by atoms with Crippen LogP contribution in [0, 0.1) is 5.82 Å². The minimum Gasteiger partial charge on any atom is -0.481 e. The number of amides is 2. The lowest BCUT2D eigenvalue weighted by Crippen LogP contribution is -2.24. The number of fused-ring (bicyclic) bond motifs is 1. The summed E-state index contributed by atoms with van der Waals surface area (Å²) < 4.78 is 14.6. The molecular weight excluding hydrogens is 419 g/mol. The predicted octanol–water partition coefficient (Wildman–Crippen LogP) is 1.89. The number of nitrogens with one attached hydrogen (secondary N) is 2. The normalized spacial score (nSPS) is 10.8. The Morgan fingerprint density at radius 3 is 2.70 bits per heavy atom. The van der Waals surface area contributed by atoms with Crippen LogP contribution in [-0.2, 0) is 23.2 Å². The van der Waals surface area contributed by atoms with Crippen LogP contribution in [0.5, 0.6) is 0 Å². The molecule has 0 saturated carbocycles. The largest absolute Gasteiger partial charge is 0.481 e. The molecule has 156 valence electrons. The van der Waals surface area contributed by atoms with Crippen LogP contribution in [-0.4, -0.2) is 42.6 Å². The average Bonchev–Trinajstić information content (AvgIpc) is 3.02. The Kier molecular flexibility index (Phi) is 6.21. The van der Waals surface area contributed by atoms with Crippen molar-refractivity contribution < 1.29 is 23.9 Å². The van der Waals surface area contributed by atoms with Gasteiger partial charge in [-0.15, -0.1) is 0 Å². The Bertz CT molecular complexity index is 1150. The molecule has 30 heavy (non-hydrogen) atoms. The van der Waals surface area contributed by atoms with Crippen LogP contribution in [0.15, 0.2) is 24.5 Å². The second kappa shape index (κ2) is 8.82. The van der Waals surface area contributed by atoms with E-state index in [-0.39, 0.29) is 47.0 Å². The van der Waals surface area contributed by atoms with Crippen LogP contribution >= 0.6 is 11.6 Å². The van der Waals surface area contributed by atoms with Crippen molar-refractivity contribution in [2.24, 2.45) is 7.05 Å². The fourth-order valence-electron chi connectivity index (χ4n) is 2.69. The maximum Gasteiger partial charge on any atom is 0.303 e. The number of carbonyl (C=O) groups is 3. The van der Waals surface area contributed by atoms with E-state index >= 15 is 0 Å². The van der Waals surface area contributed by atoms with Gasteiger partial charge in [-0.3, -0.25) is 19.1 Å². The standard InChI is InChI=1S/C18H16ClFN6O4/c1-26-16-14(17(25-26)24-12(27)4-5-13(28)29)22-8-23-15(16)18(30)21-7-9-2-3-11(20)10(19)6-9/h2-3,6,8H,4-5,7H2,1H3,(H,21,30)(H,28,29)(H,24,25,27). The van der Waals surface area contributed by atoms with Crippen LogP contribution in [0.2, 0.25) is 5.02 Å². The van der Waals surface area contributed by atoms with Crippen LogP contribution in [0.25, 0.3) is 11.0 Å². The quantitative estimate of drug-likeness (QED) is 0.516. The van der Waals surface area contributed by atoms with Crippen LogP contribution in [0.1, 0.15) is 28.9 Å². The Morgan fingerprint density at radius 2 is 2.00 bits per heavy atom. The summed E-state index contributed by atoms with van der Waals surface area (Å²) in [5.41, 5.74) is 1.12. The second-order valence-electron chi connectivity index (χ2n) is 6.26. The van der Waals surface area contributed by atoms with Crippen LogP contribution < -0.4 is 10.6 Å². The van der Waals surface area contributed by atoms with Gasteiger partial charge < -0.3 is 15.7 Å². The number of hydrogen-bond acceptors (Lipinski definition) is 6. The molecule has 2 amide bonds. The summed E-state index contributed by atoms with van der Waals surface area (Å²) in [7, 11) is 1.55. The lowest BCUT2D eigenvalue weighted by Gasteiger charge is -2.07. The average molecular weight is 435 g/mol. The zero-order valence-electron chi connectivity index (χ0n) is 15.6. The van der Waals surface area contributed by atoms with Gasteiger partial charge in [0.1, 0.15) is 23.2 Å². The maximum absolute atomic E-state index is 13.3. The van der Waals surface area contributed by atoms with Gasteiger partial charge in [-0.2, -0.15) is 5.10 Å². The van der Waals surface area contributed by atoms with Crippen molar-refractivity contribution in [2.75, 3.05) is 5.32 Å². The summed E-state index contributed by atoms with van der Waals surface area (Å²) in [4.78, 5) is 43.2. The molecule has 0 radical (unpaired) electrons. The van der Waals surface area contributed by atoms with Gasteiger partial charge in [0, 0.05) is 20.0 Å². The molecule has 0 fully saturated rings. The third-order valence-corrected chi connectivity index (χ3v) is 4.39. The number of halogens is 2. The molecule has 1 aromatic carbocycles. The van der Waals surface area contributed by atoms with Crippen molar-refractivity contribution in [3.63, 3.8) is 0 Å². The van der Waals surface area contributed by atoms with Crippen LogP contribution in [0.3, 0.4) is 0 Å². The summed E-state index contributed by atoms with van der Waals surface area (Å²) in [5.74, 6) is -2.65. The highest BCUT2D eigenvalue weighted by atomic mass is 35.5. The molecule has 2 aromatic heterocycles. The monoisotopic (exact) mass is 434 g/mol. The van der Waals surface area contributed by atoms with Gasteiger partial charge in [0.15, 0.2) is 11.5 Å². The van der Waals surface area contributed by atoms with E-state index in [0.717, 1.165) is 6.33 Å². The number of carbonyl (C=O) groups excluding carboxylic acids is 2. The third-order valence-electron chi connectivity index (χ3n) is 4.10. The van der Waals surface area contributed by atoms with Crippen molar-refractivity contribution in [1.82, 2.24) is 25.1 Å². The summed E-state index contributed by atoms with van der Waals surface area (Å²) in [6.45, 7) is 0.0843. The first-order chi connectivity index (χ1) is 14.3. The third kappa shape index (κ3) is 4.69. The number of carboxylic acid groups (broad SMARTS) is 1. The van der Waals surface area contributed by atoms with Gasteiger partial charge in [0.25, 0.3) is 5.91 Å². The SMILES string of the molecule is Cn1nc(NC(=O)CCC(=O)O)c2ncnc(C(=O)NCc3ccc(F)c(Cl)c3)c21. The fourth-order valence-corrected chi connectivity index (χ4v) is 2.89. The van der Waals surface area contributed by atoms with E-state index in [1.165, 1.54) is 22.9 Å². The maximum atomic E-state index is 13.3. The van der Waals surface area contributed by atoms with Gasteiger partial charge in [0.2, 0.25) is 5.91 Å². The molecule has 0 atom stereocenters. The summed E-state index contributed by atoms with van der Waals surface area (Å²) in [6.07, 6.45) is 0.597. The van der Waals surface area contributed by atoms with Crippen molar-refractivity contribution in [3.8, 4) is 0 Å². The summed E-state index contributed by atoms with van der Waals surface area (Å²) in [5, 5.41) is 17.9. The molecule has 0 aliphatic rings. The molecule has 3 N–H and O–H groups in total. The number of carboxylic acids is 1. The molecule has 3 aromatic rings. The van der Waals surface area contributed by atoms with Gasteiger partial charge in [0.05, 0.1) is 11.4 Å². The molecule has 2 heterocycles. The van der Waals surface area contributed by atoms with E-state index in [0.29, 0.717) is 5.56 Å². The fraction of sp³-hybridized carbons (Fsp3) is 0.222. The predicted molar refractivity (Wildman–Crippen MR) is 104 cm³/mol. The Morgan fingerprint density at radius 1 is 1.23 bits per heavy atom. The first-order valence-corrected chi connectivity index (χ1v) is 9.05. The van der Waals surface area contributed by atoms with E-state index in [2.05, 4.69) is 25.7 Å². The van der Waals surface area contributed by atoms with E-state index in [9.17, 15) is 18.8 Å². The number of anilines is 1. The molecule has 0 bridgehead atoms. The number of hydrogen-bond donors (Lipinski definition) is 3. The summed E-state index contributed by atoms with van der Waals surface area (Å²) in [6, 6.07) is 4.10. The van der Waals surface area contributed by atoms with Gasteiger partial charge in [-0.05, 0) is 17.7 Å². The minimum absolute atomic E-state index is 0.0224. The molecule has 12 heteroatoms. The highest BCUT2D eigenvalue weighted by Crippen LogP contribution is 2.22. The number of nitrogens with zero attached hydrogens (tertiary/aromatic N) is 4. The number of aliphatic carboxylic acids is 1. The van der Waals surface area contributed by atoms with E-state index in [4.69, 9.17) is 16.7 Å². The van der Waals surface area contributed by atoms with E-state index in [1.54, 1.807) is 7.05 Å². The highest BCUT2D eigenvalue weighted by molar-refractivity contribution is 6.30. The lowest BCUT2D eigenvalue weighted by atomic mass is 10.2. The zero-order chi connectivity index (χ0) is 21.8. The number of rotatable bonds is 7. The number of aromatic nitrogens is 4.